The first-order valence-electron chi connectivity index (χ1n) is 9.39. The second kappa shape index (κ2) is 7.08. The summed E-state index contributed by atoms with van der Waals surface area (Å²) in [6, 6.07) is 7.57. The Kier molecular flexibility index (Phi) is 4.70. The van der Waals surface area contributed by atoms with Crippen LogP contribution in [0.3, 0.4) is 0 Å². The Morgan fingerprint density at radius 3 is 2.79 bits per heavy atom. The van der Waals surface area contributed by atoms with Gasteiger partial charge < -0.3 is 15.0 Å². The molecule has 0 saturated carbocycles. The van der Waals surface area contributed by atoms with Crippen LogP contribution in [0.25, 0.3) is 27.7 Å². The lowest BCUT2D eigenvalue weighted by molar-refractivity contribution is -0.147. The maximum atomic E-state index is 14.3. The lowest BCUT2D eigenvalue weighted by atomic mass is 10.0. The quantitative estimate of drug-likeness (QED) is 0.704. The zero-order chi connectivity index (χ0) is 20.8. The van der Waals surface area contributed by atoms with Gasteiger partial charge in [0.05, 0.1) is 0 Å². The number of aromatic nitrogens is 2. The fraction of sp³-hybridized carbons (Fsp3) is 0.273. The Balaban J connectivity index is 1.73. The van der Waals surface area contributed by atoms with Crippen molar-refractivity contribution in [1.82, 2.24) is 14.9 Å². The van der Waals surface area contributed by atoms with Crippen molar-refractivity contribution < 1.29 is 18.7 Å². The van der Waals surface area contributed by atoms with E-state index < -0.39 is 17.2 Å². The van der Waals surface area contributed by atoms with Gasteiger partial charge in [-0.15, -0.1) is 0 Å². The molecule has 2 N–H and O–H groups in total. The van der Waals surface area contributed by atoms with E-state index in [4.69, 9.17) is 0 Å². The number of benzene rings is 1. The Bertz CT molecular complexity index is 1130. The summed E-state index contributed by atoms with van der Waals surface area (Å²) in [6.45, 7) is 3.82. The zero-order valence-corrected chi connectivity index (χ0v) is 16.2. The van der Waals surface area contributed by atoms with Gasteiger partial charge in [0.25, 0.3) is 5.91 Å². The van der Waals surface area contributed by atoms with Gasteiger partial charge in [0.2, 0.25) is 0 Å². The van der Waals surface area contributed by atoms with Crippen LogP contribution in [-0.2, 0) is 4.79 Å². The third-order valence-electron chi connectivity index (χ3n) is 5.08. The first kappa shape index (κ1) is 19.3. The number of carbonyl (C=O) groups is 1. The fourth-order valence-electron chi connectivity index (χ4n) is 3.65. The van der Waals surface area contributed by atoms with Crippen molar-refractivity contribution in [2.45, 2.75) is 25.9 Å². The van der Waals surface area contributed by atoms with E-state index >= 15 is 0 Å². The Morgan fingerprint density at radius 2 is 2.03 bits per heavy atom. The van der Waals surface area contributed by atoms with E-state index in [0.717, 1.165) is 17.3 Å². The van der Waals surface area contributed by atoms with Crippen molar-refractivity contribution in [1.29, 1.82) is 0 Å². The molecule has 0 spiro atoms. The number of carbonyl (C=O) groups excluding carboxylic acids is 1. The van der Waals surface area contributed by atoms with E-state index in [2.05, 4.69) is 9.97 Å². The average molecular weight is 397 g/mol. The van der Waals surface area contributed by atoms with Crippen molar-refractivity contribution in [3.8, 4) is 11.1 Å². The number of aliphatic hydroxyl groups is 1. The number of nitrogens with zero attached hydrogens (tertiary/aromatic N) is 2. The number of H-pyrrole nitrogens is 1. The van der Waals surface area contributed by atoms with Gasteiger partial charge in [0.15, 0.2) is 11.6 Å². The molecule has 1 amide bonds. The van der Waals surface area contributed by atoms with Gasteiger partial charge in [0, 0.05) is 35.9 Å². The highest BCUT2D eigenvalue weighted by atomic mass is 19.2. The summed E-state index contributed by atoms with van der Waals surface area (Å²) in [6.07, 6.45) is 4.23. The number of halogens is 2. The maximum Gasteiger partial charge on any atom is 0.254 e. The lowest BCUT2D eigenvalue weighted by Crippen LogP contribution is -2.47. The Hall–Kier alpha value is -3.06. The molecule has 0 atom stereocenters. The molecule has 0 radical (unpaired) electrons. The molecule has 3 aromatic rings. The monoisotopic (exact) mass is 397 g/mol. The second-order valence-electron chi connectivity index (χ2n) is 7.71. The van der Waals surface area contributed by atoms with Crippen LogP contribution in [0.1, 0.15) is 26.0 Å². The largest absolute Gasteiger partial charge is 0.381 e. The maximum absolute atomic E-state index is 14.3. The SMILES string of the molecule is CC(C)(O)C(=O)N1CCC=C(c2cc3c(-c4cccc(F)c4F)ccnc3[nH]2)C1. The Morgan fingerprint density at radius 1 is 1.24 bits per heavy atom. The van der Waals surface area contributed by atoms with Crippen LogP contribution in [-0.4, -0.2) is 44.6 Å². The van der Waals surface area contributed by atoms with Crippen LogP contribution in [0, 0.1) is 11.6 Å². The molecule has 4 rings (SSSR count). The molecule has 0 unspecified atom stereocenters. The third-order valence-corrected chi connectivity index (χ3v) is 5.08. The molecule has 1 aliphatic heterocycles. The zero-order valence-electron chi connectivity index (χ0n) is 16.2. The van der Waals surface area contributed by atoms with E-state index in [1.165, 1.54) is 26.0 Å². The van der Waals surface area contributed by atoms with Crippen LogP contribution in [0.5, 0.6) is 0 Å². The average Bonchev–Trinajstić information content (AvgIpc) is 3.13. The predicted molar refractivity (Wildman–Crippen MR) is 107 cm³/mol. The van der Waals surface area contributed by atoms with Gasteiger partial charge in [-0.2, -0.15) is 0 Å². The summed E-state index contributed by atoms with van der Waals surface area (Å²) in [4.78, 5) is 21.6. The summed E-state index contributed by atoms with van der Waals surface area (Å²) in [5, 5.41) is 10.7. The molecule has 0 bridgehead atoms. The van der Waals surface area contributed by atoms with Crippen LogP contribution >= 0.6 is 0 Å². The van der Waals surface area contributed by atoms with Gasteiger partial charge in [-0.1, -0.05) is 18.2 Å². The van der Waals surface area contributed by atoms with Gasteiger partial charge in [-0.3, -0.25) is 4.79 Å². The Labute approximate surface area is 166 Å². The first-order chi connectivity index (χ1) is 13.8. The van der Waals surface area contributed by atoms with Crippen LogP contribution < -0.4 is 0 Å². The molecule has 1 aliphatic rings. The number of aromatic amines is 1. The molecule has 150 valence electrons. The van der Waals surface area contributed by atoms with Crippen LogP contribution in [0.4, 0.5) is 8.78 Å². The molecular weight excluding hydrogens is 376 g/mol. The van der Waals surface area contributed by atoms with E-state index in [9.17, 15) is 18.7 Å². The number of amides is 1. The summed E-state index contributed by atoms with van der Waals surface area (Å²) in [7, 11) is 0. The van der Waals surface area contributed by atoms with Gasteiger partial charge in [-0.05, 0) is 49.6 Å². The number of fused-ring (bicyclic) bond motifs is 1. The minimum Gasteiger partial charge on any atom is -0.381 e. The molecular formula is C22H21F2N3O2. The van der Waals surface area contributed by atoms with Crippen molar-refractivity contribution >= 4 is 22.5 Å². The molecule has 0 saturated heterocycles. The van der Waals surface area contributed by atoms with Crippen LogP contribution in [0.15, 0.2) is 42.6 Å². The normalized spacial score (nSPS) is 14.9. The van der Waals surface area contributed by atoms with E-state index in [1.807, 2.05) is 12.1 Å². The molecule has 0 fully saturated rings. The molecule has 2 aromatic heterocycles. The molecule has 7 heteroatoms. The highest BCUT2D eigenvalue weighted by molar-refractivity contribution is 5.96. The summed E-state index contributed by atoms with van der Waals surface area (Å²) >= 11 is 0. The summed E-state index contributed by atoms with van der Waals surface area (Å²) < 4.78 is 28.1. The minimum absolute atomic E-state index is 0.166. The topological polar surface area (TPSA) is 69.2 Å². The van der Waals surface area contributed by atoms with Crippen LogP contribution in [0.2, 0.25) is 0 Å². The number of hydrogen-bond acceptors (Lipinski definition) is 3. The molecule has 3 heterocycles. The van der Waals surface area contributed by atoms with E-state index in [-0.39, 0.29) is 11.5 Å². The highest BCUT2D eigenvalue weighted by Gasteiger charge is 2.31. The van der Waals surface area contributed by atoms with Crippen molar-refractivity contribution in [2.24, 2.45) is 0 Å². The van der Waals surface area contributed by atoms with E-state index in [1.54, 1.807) is 17.2 Å². The minimum atomic E-state index is -1.44. The highest BCUT2D eigenvalue weighted by Crippen LogP contribution is 2.33. The standard InChI is InChI=1S/C22H21F2N3O2/c1-22(2,29)21(28)27-10-4-5-13(12-27)18-11-16-14(8-9-25-20(16)26-18)15-6-3-7-17(23)19(15)24/h3,5-9,11,29H,4,10,12H2,1-2H3,(H,25,26). The number of nitrogens with one attached hydrogen (secondary N) is 1. The smallest absolute Gasteiger partial charge is 0.254 e. The van der Waals surface area contributed by atoms with E-state index in [0.29, 0.717) is 36.1 Å². The summed E-state index contributed by atoms with van der Waals surface area (Å²) in [5.41, 5.74) is 1.46. The van der Waals surface area contributed by atoms with Gasteiger partial charge in [0.1, 0.15) is 11.2 Å². The van der Waals surface area contributed by atoms with Crippen molar-refractivity contribution in [3.05, 3.63) is 59.9 Å². The van der Waals surface area contributed by atoms with Crippen molar-refractivity contribution in [2.75, 3.05) is 13.1 Å². The molecule has 0 aliphatic carbocycles. The molecule has 1 aromatic carbocycles. The number of rotatable bonds is 3. The fourth-order valence-corrected chi connectivity index (χ4v) is 3.65. The molecule has 5 nitrogen and oxygen atoms in total. The first-order valence-corrected chi connectivity index (χ1v) is 9.39. The predicted octanol–water partition coefficient (Wildman–Crippen LogP) is 3.89. The number of pyridine rings is 1. The van der Waals surface area contributed by atoms with Gasteiger partial charge >= 0.3 is 0 Å². The second-order valence-corrected chi connectivity index (χ2v) is 7.71. The number of hydrogen-bond donors (Lipinski definition) is 2. The van der Waals surface area contributed by atoms with Gasteiger partial charge in [-0.25, -0.2) is 13.8 Å². The van der Waals surface area contributed by atoms with Crippen molar-refractivity contribution in [3.63, 3.8) is 0 Å². The summed E-state index contributed by atoms with van der Waals surface area (Å²) in [5.74, 6) is -2.14. The lowest BCUT2D eigenvalue weighted by Gasteiger charge is -2.31. The third kappa shape index (κ3) is 3.53. The molecule has 29 heavy (non-hydrogen) atoms.